The topological polar surface area (TPSA) is 37.3 Å². The van der Waals surface area contributed by atoms with Crippen molar-refractivity contribution < 1.29 is 9.90 Å². The molecule has 1 N–H and O–H groups in total. The number of hydrogen-bond donors (Lipinski definition) is 1. The minimum Gasteiger partial charge on any atom is -0.392 e. The number of allylic oxidation sites excluding steroid dienone is 5. The van der Waals surface area contributed by atoms with Gasteiger partial charge in [0.25, 0.3) is 0 Å². The molecule has 28 heavy (non-hydrogen) atoms. The largest absolute Gasteiger partial charge is 0.392 e. The van der Waals surface area contributed by atoms with Crippen LogP contribution in [0, 0.1) is 46.8 Å². The highest BCUT2D eigenvalue weighted by molar-refractivity contribution is 6.01. The monoisotopic (exact) mass is 378 g/mol. The molecule has 2 nitrogen and oxygen atoms in total. The summed E-state index contributed by atoms with van der Waals surface area (Å²) in [7, 11) is 0. The third-order valence-corrected chi connectivity index (χ3v) is 8.98. The second-order valence-corrected chi connectivity index (χ2v) is 9.86. The first-order valence-corrected chi connectivity index (χ1v) is 10.4. The first kappa shape index (κ1) is 20.9. The van der Waals surface area contributed by atoms with Gasteiger partial charge >= 0.3 is 0 Å². The van der Waals surface area contributed by atoms with Crippen LogP contribution in [0.2, 0.25) is 0 Å². The molecule has 0 aromatic rings. The Balaban J connectivity index is 0.00000109. The Bertz CT molecular complexity index is 796. The fourth-order valence-electron chi connectivity index (χ4n) is 7.28. The van der Waals surface area contributed by atoms with E-state index in [1.165, 1.54) is 17.6 Å². The van der Waals surface area contributed by atoms with Crippen molar-refractivity contribution in [2.24, 2.45) is 34.0 Å². The lowest BCUT2D eigenvalue weighted by atomic mass is 9.44. The number of aliphatic hydroxyl groups is 1. The van der Waals surface area contributed by atoms with Crippen LogP contribution in [0.5, 0.6) is 0 Å². The third kappa shape index (κ3) is 2.56. The van der Waals surface area contributed by atoms with E-state index in [0.717, 1.165) is 31.3 Å². The maximum absolute atomic E-state index is 11.9. The quantitative estimate of drug-likeness (QED) is 0.525. The van der Waals surface area contributed by atoms with E-state index in [1.807, 2.05) is 6.08 Å². The highest BCUT2D eigenvalue weighted by atomic mass is 16.3. The molecule has 0 amide bonds. The van der Waals surface area contributed by atoms with E-state index in [2.05, 4.69) is 52.9 Å². The second-order valence-electron chi connectivity index (χ2n) is 9.86. The summed E-state index contributed by atoms with van der Waals surface area (Å²) in [6.07, 6.45) is 19.3. The zero-order valence-electron chi connectivity index (χ0n) is 17.6. The average Bonchev–Trinajstić information content (AvgIpc) is 2.94. The molecule has 4 rings (SSSR count). The summed E-state index contributed by atoms with van der Waals surface area (Å²) in [5, 5.41) is 9.81. The third-order valence-electron chi connectivity index (χ3n) is 8.98. The molecule has 0 aromatic heterocycles. The van der Waals surface area contributed by atoms with Crippen molar-refractivity contribution >= 4 is 5.78 Å². The molecular weight excluding hydrogens is 344 g/mol. The number of ketones is 1. The van der Waals surface area contributed by atoms with Gasteiger partial charge in [0, 0.05) is 5.41 Å². The zero-order chi connectivity index (χ0) is 20.9. The van der Waals surface area contributed by atoms with E-state index < -0.39 is 0 Å². The Hall–Kier alpha value is -1.85. The summed E-state index contributed by atoms with van der Waals surface area (Å²) >= 11 is 0. The second kappa shape index (κ2) is 6.89. The first-order chi connectivity index (χ1) is 13.2. The summed E-state index contributed by atoms with van der Waals surface area (Å²) in [6, 6.07) is 0. The van der Waals surface area contributed by atoms with Gasteiger partial charge in [-0.1, -0.05) is 51.2 Å². The van der Waals surface area contributed by atoms with Crippen LogP contribution in [-0.4, -0.2) is 17.5 Å². The lowest BCUT2D eigenvalue weighted by molar-refractivity contribution is -0.111. The molecule has 6 atom stereocenters. The van der Waals surface area contributed by atoms with Crippen LogP contribution in [0.25, 0.3) is 0 Å². The fraction of sp³-hybridized carbons (Fsp3) is 0.577. The molecule has 3 fully saturated rings. The molecule has 0 aromatic carbocycles. The van der Waals surface area contributed by atoms with Crippen LogP contribution in [0.4, 0.5) is 0 Å². The van der Waals surface area contributed by atoms with E-state index in [0.29, 0.717) is 17.8 Å². The Morgan fingerprint density at radius 1 is 1.29 bits per heavy atom. The molecular formula is C26H34O2. The molecule has 3 saturated carbocycles. The number of aliphatic hydroxyl groups excluding tert-OH is 1. The van der Waals surface area contributed by atoms with Crippen molar-refractivity contribution in [3.8, 4) is 12.8 Å². The van der Waals surface area contributed by atoms with Crippen molar-refractivity contribution in [1.29, 1.82) is 0 Å². The average molecular weight is 379 g/mol. The van der Waals surface area contributed by atoms with Crippen LogP contribution >= 0.6 is 0 Å². The molecule has 0 bridgehead atoms. The Morgan fingerprint density at radius 3 is 2.61 bits per heavy atom. The van der Waals surface area contributed by atoms with E-state index in [9.17, 15) is 9.90 Å². The van der Waals surface area contributed by atoms with Crippen LogP contribution in [0.15, 0.2) is 48.1 Å². The summed E-state index contributed by atoms with van der Waals surface area (Å²) in [4.78, 5) is 11.9. The predicted octanol–water partition coefficient (Wildman–Crippen LogP) is 5.26. The SMILES string of the molecule is C#C.C=C1CC2(C)C(CC[C@]2(C)C(=C)CO)C2CCC3=CC(=O)C=CC3(C)[C@@H]12. The minimum atomic E-state index is -0.0534. The van der Waals surface area contributed by atoms with E-state index in [-0.39, 0.29) is 28.6 Å². The Morgan fingerprint density at radius 2 is 1.96 bits per heavy atom. The van der Waals surface area contributed by atoms with Gasteiger partial charge in [-0.15, -0.1) is 12.8 Å². The maximum atomic E-state index is 11.9. The maximum Gasteiger partial charge on any atom is 0.178 e. The predicted molar refractivity (Wildman–Crippen MR) is 115 cm³/mol. The summed E-state index contributed by atoms with van der Waals surface area (Å²) in [5.41, 5.74) is 3.67. The van der Waals surface area contributed by atoms with Crippen LogP contribution in [0.3, 0.4) is 0 Å². The highest BCUT2D eigenvalue weighted by Gasteiger charge is 2.63. The van der Waals surface area contributed by atoms with Gasteiger partial charge in [-0.05, 0) is 78.4 Å². The molecule has 2 heteroatoms. The van der Waals surface area contributed by atoms with Crippen molar-refractivity contribution in [3.05, 3.63) is 48.1 Å². The van der Waals surface area contributed by atoms with Gasteiger partial charge in [-0.2, -0.15) is 0 Å². The molecule has 0 heterocycles. The Kier molecular flexibility index (Phi) is 5.13. The van der Waals surface area contributed by atoms with E-state index >= 15 is 0 Å². The van der Waals surface area contributed by atoms with Crippen molar-refractivity contribution in [2.45, 2.75) is 52.9 Å². The summed E-state index contributed by atoms with van der Waals surface area (Å²) in [5.74, 6) is 1.80. The van der Waals surface area contributed by atoms with Gasteiger partial charge in [0.2, 0.25) is 0 Å². The van der Waals surface area contributed by atoms with E-state index in [1.54, 1.807) is 6.08 Å². The molecule has 0 radical (unpaired) electrons. The number of rotatable bonds is 2. The minimum absolute atomic E-state index is 0.0181. The van der Waals surface area contributed by atoms with Gasteiger partial charge in [0.05, 0.1) is 6.61 Å². The van der Waals surface area contributed by atoms with Crippen molar-refractivity contribution in [3.63, 3.8) is 0 Å². The number of terminal acetylenes is 1. The molecule has 0 saturated heterocycles. The van der Waals surface area contributed by atoms with Gasteiger partial charge in [0.15, 0.2) is 5.78 Å². The smallest absolute Gasteiger partial charge is 0.178 e. The lowest BCUT2D eigenvalue weighted by Gasteiger charge is -2.60. The number of carbonyl (C=O) groups excluding carboxylic acids is 1. The molecule has 0 spiro atoms. The van der Waals surface area contributed by atoms with E-state index in [4.69, 9.17) is 0 Å². The standard InChI is InChI=1S/C24H32O2.C2H2/c1-15-13-24(5)20(9-11-23(24,4)16(2)14-25)19-7-6-17-12-18(26)8-10-22(17,3)21(15)19;1-2/h8,10,12,19-21,25H,1-2,6-7,9,11,13-14H2,3-5H3;1-2H/t19?,20?,21-,22?,23+,24?;/m0./s1. The molecule has 0 aliphatic heterocycles. The van der Waals surface area contributed by atoms with Crippen molar-refractivity contribution in [1.82, 2.24) is 0 Å². The van der Waals surface area contributed by atoms with Crippen LogP contribution < -0.4 is 0 Å². The number of carbonyl (C=O) groups is 1. The summed E-state index contributed by atoms with van der Waals surface area (Å²) in [6.45, 7) is 15.9. The molecule has 4 aliphatic carbocycles. The van der Waals surface area contributed by atoms with Gasteiger partial charge in [-0.25, -0.2) is 0 Å². The fourth-order valence-corrected chi connectivity index (χ4v) is 7.28. The normalized spacial score (nSPS) is 43.8. The van der Waals surface area contributed by atoms with Crippen LogP contribution in [-0.2, 0) is 4.79 Å². The first-order valence-electron chi connectivity index (χ1n) is 10.4. The van der Waals surface area contributed by atoms with Crippen LogP contribution in [0.1, 0.15) is 52.9 Å². The molecule has 4 unspecified atom stereocenters. The van der Waals surface area contributed by atoms with Gasteiger partial charge in [-0.3, -0.25) is 4.79 Å². The molecule has 150 valence electrons. The lowest BCUT2D eigenvalue weighted by Crippen LogP contribution is -2.52. The number of fused-ring (bicyclic) bond motifs is 5. The zero-order valence-corrected chi connectivity index (χ0v) is 17.6. The Labute approximate surface area is 170 Å². The van der Waals surface area contributed by atoms with Gasteiger partial charge in [0.1, 0.15) is 0 Å². The van der Waals surface area contributed by atoms with Gasteiger partial charge < -0.3 is 5.11 Å². The molecule has 4 aliphatic rings. The highest BCUT2D eigenvalue weighted by Crippen LogP contribution is 2.71. The van der Waals surface area contributed by atoms with Crippen molar-refractivity contribution in [2.75, 3.05) is 6.61 Å². The number of hydrogen-bond acceptors (Lipinski definition) is 2. The summed E-state index contributed by atoms with van der Waals surface area (Å²) < 4.78 is 0.